The molecule has 0 saturated carbocycles. The monoisotopic (exact) mass is 383 g/mol. The fourth-order valence-electron chi connectivity index (χ4n) is 3.03. The minimum Gasteiger partial charge on any atom is -0.188 e. The summed E-state index contributed by atoms with van der Waals surface area (Å²) in [4.78, 5) is 21.7. The van der Waals surface area contributed by atoms with E-state index in [-0.39, 0.29) is 10.8 Å². The molecule has 0 aliphatic heterocycles. The Balaban J connectivity index is 3.14. The van der Waals surface area contributed by atoms with E-state index >= 15 is 0 Å². The lowest BCUT2D eigenvalue weighted by Crippen LogP contribution is -2.28. The van der Waals surface area contributed by atoms with Gasteiger partial charge in [0, 0.05) is 5.56 Å². The molecular weight excluding hydrogens is 343 g/mol. The number of unbranched alkanes of at least 4 members (excludes halogenated alkanes) is 1. The Labute approximate surface area is 161 Å². The minimum atomic E-state index is -3.60. The van der Waals surface area contributed by atoms with Gasteiger partial charge in [0.15, 0.2) is 5.30 Å². The first-order valence-corrected chi connectivity index (χ1v) is 11.6. The Bertz CT molecular complexity index is 568. The number of hydrogen-bond donors (Lipinski definition) is 2. The smallest absolute Gasteiger partial charge is 0.188 e. The molecule has 1 aromatic rings. The lowest BCUT2D eigenvalue weighted by Gasteiger charge is -2.27. The van der Waals surface area contributed by atoms with Gasteiger partial charge in [-0.25, -0.2) is 0 Å². The fraction of sp³-hybridized carbons (Fsp3) is 0.727. The zero-order chi connectivity index (χ0) is 20.2. The molecule has 1 rings (SSSR count). The van der Waals surface area contributed by atoms with Crippen molar-refractivity contribution in [1.82, 2.24) is 0 Å². The normalized spacial score (nSPS) is 14.5. The second-order valence-corrected chi connectivity index (χ2v) is 11.3. The molecule has 150 valence electrons. The van der Waals surface area contributed by atoms with Crippen LogP contribution in [-0.4, -0.2) is 16.4 Å². The van der Waals surface area contributed by atoms with Crippen LogP contribution in [0.2, 0.25) is 0 Å². The summed E-state index contributed by atoms with van der Waals surface area (Å²) in [5, 5.41) is 0.559. The van der Waals surface area contributed by atoms with Gasteiger partial charge in [0.05, 0.1) is 0 Å². The SMILES string of the molecule is CCCCC(CC)CO[P+](O)(O)c1ccc(C(C)(C)C)cc1C(C)(C)C. The van der Waals surface area contributed by atoms with E-state index in [2.05, 4.69) is 61.5 Å². The predicted octanol–water partition coefficient (Wildman–Crippen LogP) is 5.89. The van der Waals surface area contributed by atoms with Crippen molar-refractivity contribution < 1.29 is 14.3 Å². The van der Waals surface area contributed by atoms with Gasteiger partial charge in [-0.3, -0.25) is 0 Å². The van der Waals surface area contributed by atoms with E-state index in [0.717, 1.165) is 31.2 Å². The van der Waals surface area contributed by atoms with Crippen LogP contribution in [0, 0.1) is 5.92 Å². The maximum absolute atomic E-state index is 10.8. The maximum atomic E-state index is 10.8. The number of rotatable bonds is 8. The summed E-state index contributed by atoms with van der Waals surface area (Å²) in [5.74, 6) is 0.376. The molecule has 0 aliphatic carbocycles. The van der Waals surface area contributed by atoms with Crippen molar-refractivity contribution in [1.29, 1.82) is 0 Å². The van der Waals surface area contributed by atoms with Crippen LogP contribution in [-0.2, 0) is 15.4 Å². The van der Waals surface area contributed by atoms with Crippen LogP contribution < -0.4 is 5.30 Å². The highest BCUT2D eigenvalue weighted by Gasteiger charge is 2.44. The van der Waals surface area contributed by atoms with Gasteiger partial charge in [-0.2, -0.15) is 14.3 Å². The molecule has 0 radical (unpaired) electrons. The summed E-state index contributed by atoms with van der Waals surface area (Å²) in [6.45, 7) is 17.5. The molecule has 0 aromatic heterocycles. The van der Waals surface area contributed by atoms with Gasteiger partial charge in [0.2, 0.25) is 0 Å². The molecule has 4 heteroatoms. The quantitative estimate of drug-likeness (QED) is 0.551. The first-order valence-electron chi connectivity index (χ1n) is 9.97. The van der Waals surface area contributed by atoms with Crippen molar-refractivity contribution in [2.75, 3.05) is 6.61 Å². The summed E-state index contributed by atoms with van der Waals surface area (Å²) in [5.41, 5.74) is 1.98. The predicted molar refractivity (Wildman–Crippen MR) is 114 cm³/mol. The first kappa shape index (κ1) is 23.6. The highest BCUT2D eigenvalue weighted by Crippen LogP contribution is 2.52. The van der Waals surface area contributed by atoms with Crippen LogP contribution >= 0.6 is 7.94 Å². The van der Waals surface area contributed by atoms with E-state index in [1.54, 1.807) is 0 Å². The van der Waals surface area contributed by atoms with Crippen molar-refractivity contribution in [3.05, 3.63) is 29.3 Å². The van der Waals surface area contributed by atoms with Crippen molar-refractivity contribution >= 4 is 13.2 Å². The van der Waals surface area contributed by atoms with Gasteiger partial charge < -0.3 is 0 Å². The highest BCUT2D eigenvalue weighted by molar-refractivity contribution is 7.67. The molecule has 0 spiro atoms. The average Bonchev–Trinajstić information content (AvgIpc) is 2.53. The van der Waals surface area contributed by atoms with E-state index in [9.17, 15) is 9.79 Å². The summed E-state index contributed by atoms with van der Waals surface area (Å²) in [7, 11) is -3.60. The van der Waals surface area contributed by atoms with E-state index in [4.69, 9.17) is 4.52 Å². The lowest BCUT2D eigenvalue weighted by molar-refractivity contribution is 0.190. The van der Waals surface area contributed by atoms with Gasteiger partial charge in [0.25, 0.3) is 0 Å². The highest BCUT2D eigenvalue weighted by atomic mass is 31.2. The standard InChI is InChI=1S/C22H40O3P/c1-9-11-12-17(10-2)16-25-26(23,24)20-14-13-18(21(3,4)5)15-19(20)22(6,7)8/h13-15,17,23-24H,9-12,16H2,1-8H3/q+1. The topological polar surface area (TPSA) is 49.7 Å². The molecule has 1 atom stereocenters. The zero-order valence-corrected chi connectivity index (χ0v) is 19.0. The molecule has 0 heterocycles. The Hall–Kier alpha value is -0.470. The first-order chi connectivity index (χ1) is 11.8. The Morgan fingerprint density at radius 1 is 1.00 bits per heavy atom. The third-order valence-corrected chi connectivity index (χ3v) is 6.54. The van der Waals surface area contributed by atoms with Crippen LogP contribution in [0.15, 0.2) is 18.2 Å². The van der Waals surface area contributed by atoms with Gasteiger partial charge in [-0.1, -0.05) is 86.8 Å². The maximum Gasteiger partial charge on any atom is 0.443 e. The number of hydrogen-bond acceptors (Lipinski definition) is 3. The summed E-state index contributed by atoms with van der Waals surface area (Å²) in [6, 6.07) is 5.99. The third-order valence-electron chi connectivity index (χ3n) is 5.02. The van der Waals surface area contributed by atoms with Crippen LogP contribution in [0.1, 0.15) is 92.2 Å². The van der Waals surface area contributed by atoms with E-state index in [0.29, 0.717) is 17.8 Å². The largest absolute Gasteiger partial charge is 0.443 e. The molecule has 0 fully saturated rings. The molecule has 26 heavy (non-hydrogen) atoms. The average molecular weight is 384 g/mol. The van der Waals surface area contributed by atoms with Gasteiger partial charge in [0.1, 0.15) is 6.61 Å². The zero-order valence-electron chi connectivity index (χ0n) is 18.1. The minimum absolute atomic E-state index is 0.0128. The molecule has 1 unspecified atom stereocenters. The van der Waals surface area contributed by atoms with E-state index < -0.39 is 7.94 Å². The van der Waals surface area contributed by atoms with Gasteiger partial charge in [-0.15, -0.1) is 0 Å². The molecule has 0 amide bonds. The van der Waals surface area contributed by atoms with E-state index in [1.165, 1.54) is 5.56 Å². The van der Waals surface area contributed by atoms with Crippen LogP contribution in [0.3, 0.4) is 0 Å². The molecule has 1 aromatic carbocycles. The van der Waals surface area contributed by atoms with Gasteiger partial charge in [-0.05, 0) is 34.8 Å². The number of benzene rings is 1. The lowest BCUT2D eigenvalue weighted by atomic mass is 9.81. The van der Waals surface area contributed by atoms with Crippen molar-refractivity contribution in [2.45, 2.75) is 91.9 Å². The van der Waals surface area contributed by atoms with E-state index in [1.807, 2.05) is 12.1 Å². The molecule has 0 bridgehead atoms. The molecular formula is C22H40O3P+. The van der Waals surface area contributed by atoms with Crippen LogP contribution in [0.4, 0.5) is 0 Å². The van der Waals surface area contributed by atoms with Gasteiger partial charge >= 0.3 is 7.94 Å². The molecule has 0 aliphatic rings. The summed E-state index contributed by atoms with van der Waals surface area (Å²) < 4.78 is 5.75. The summed E-state index contributed by atoms with van der Waals surface area (Å²) >= 11 is 0. The Morgan fingerprint density at radius 2 is 1.62 bits per heavy atom. The third kappa shape index (κ3) is 6.60. The summed E-state index contributed by atoms with van der Waals surface area (Å²) in [6.07, 6.45) is 4.37. The van der Waals surface area contributed by atoms with Crippen LogP contribution in [0.5, 0.6) is 0 Å². The Kier molecular flexibility index (Phi) is 8.29. The molecule has 2 N–H and O–H groups in total. The second kappa shape index (κ2) is 9.15. The van der Waals surface area contributed by atoms with Crippen LogP contribution in [0.25, 0.3) is 0 Å². The fourth-order valence-corrected chi connectivity index (χ4v) is 4.57. The second-order valence-electron chi connectivity index (χ2n) is 9.49. The van der Waals surface area contributed by atoms with Crippen molar-refractivity contribution in [3.8, 4) is 0 Å². The molecule has 3 nitrogen and oxygen atoms in total. The van der Waals surface area contributed by atoms with Crippen molar-refractivity contribution in [3.63, 3.8) is 0 Å². The Morgan fingerprint density at radius 3 is 2.08 bits per heavy atom. The molecule has 0 saturated heterocycles. The van der Waals surface area contributed by atoms with Crippen molar-refractivity contribution in [2.24, 2.45) is 5.92 Å².